The molecule has 2 fully saturated rings. The quantitative estimate of drug-likeness (QED) is 0.797. The van der Waals surface area contributed by atoms with Crippen LogP contribution in [0.4, 0.5) is 0 Å². The first-order valence-electron chi connectivity index (χ1n) is 7.34. The Kier molecular flexibility index (Phi) is 4.11. The average molecular weight is 237 g/mol. The van der Waals surface area contributed by atoms with Gasteiger partial charge in [-0.25, -0.2) is 0 Å². The van der Waals surface area contributed by atoms with E-state index >= 15 is 0 Å². The van der Waals surface area contributed by atoms with Crippen molar-refractivity contribution in [2.24, 2.45) is 11.3 Å². The zero-order valence-corrected chi connectivity index (χ0v) is 11.4. The Hall–Kier alpha value is -0.530. The van der Waals surface area contributed by atoms with Gasteiger partial charge in [0.15, 0.2) is 0 Å². The molecule has 2 nitrogen and oxygen atoms in total. The molecule has 0 heterocycles. The predicted octanol–water partition coefficient (Wildman–Crippen LogP) is 3.65. The molecule has 0 bridgehead atoms. The van der Waals surface area contributed by atoms with E-state index in [0.29, 0.717) is 23.3 Å². The monoisotopic (exact) mass is 237 g/mol. The molecule has 0 radical (unpaired) electrons. The van der Waals surface area contributed by atoms with Crippen LogP contribution in [-0.2, 0) is 4.79 Å². The lowest BCUT2D eigenvalue weighted by Gasteiger charge is -2.22. The van der Waals surface area contributed by atoms with Crippen LogP contribution in [0.1, 0.15) is 71.6 Å². The molecule has 17 heavy (non-hydrogen) atoms. The summed E-state index contributed by atoms with van der Waals surface area (Å²) in [5.74, 6) is 0.970. The van der Waals surface area contributed by atoms with Crippen LogP contribution in [0.5, 0.6) is 0 Å². The van der Waals surface area contributed by atoms with Gasteiger partial charge >= 0.3 is 0 Å². The van der Waals surface area contributed by atoms with E-state index in [9.17, 15) is 4.79 Å². The summed E-state index contributed by atoms with van der Waals surface area (Å²) >= 11 is 0. The van der Waals surface area contributed by atoms with Gasteiger partial charge in [0, 0.05) is 12.5 Å². The first-order valence-corrected chi connectivity index (χ1v) is 7.34. The van der Waals surface area contributed by atoms with Crippen LogP contribution in [0.25, 0.3) is 0 Å². The summed E-state index contributed by atoms with van der Waals surface area (Å²) in [6.07, 6.45) is 10.9. The summed E-state index contributed by atoms with van der Waals surface area (Å²) in [6.45, 7) is 4.61. The lowest BCUT2D eigenvalue weighted by molar-refractivity contribution is -0.122. The molecule has 2 heteroatoms. The van der Waals surface area contributed by atoms with Gasteiger partial charge in [0.25, 0.3) is 0 Å². The zero-order chi connectivity index (χ0) is 12.3. The van der Waals surface area contributed by atoms with Gasteiger partial charge in [-0.3, -0.25) is 4.79 Å². The first kappa shape index (κ1) is 12.9. The highest BCUT2D eigenvalue weighted by Crippen LogP contribution is 2.37. The number of carbonyl (C=O) groups is 1. The molecule has 0 saturated heterocycles. The molecule has 1 N–H and O–H groups in total. The number of hydrogen-bond donors (Lipinski definition) is 1. The maximum Gasteiger partial charge on any atom is 0.220 e. The molecule has 2 aliphatic rings. The van der Waals surface area contributed by atoms with Gasteiger partial charge in [0.2, 0.25) is 5.91 Å². The van der Waals surface area contributed by atoms with E-state index in [2.05, 4.69) is 19.2 Å². The zero-order valence-electron chi connectivity index (χ0n) is 11.4. The fourth-order valence-electron chi connectivity index (χ4n) is 3.50. The number of nitrogens with one attached hydrogen (secondary N) is 1. The van der Waals surface area contributed by atoms with E-state index < -0.39 is 0 Å². The van der Waals surface area contributed by atoms with Crippen LogP contribution >= 0.6 is 0 Å². The minimum absolute atomic E-state index is 0.305. The van der Waals surface area contributed by atoms with Gasteiger partial charge in [-0.1, -0.05) is 33.1 Å². The molecule has 1 unspecified atom stereocenters. The van der Waals surface area contributed by atoms with Crippen molar-refractivity contribution < 1.29 is 4.79 Å². The molecular weight excluding hydrogens is 210 g/mol. The molecule has 0 aromatic heterocycles. The van der Waals surface area contributed by atoms with Crippen molar-refractivity contribution in [1.82, 2.24) is 5.32 Å². The van der Waals surface area contributed by atoms with Crippen LogP contribution in [0.2, 0.25) is 0 Å². The fraction of sp³-hybridized carbons (Fsp3) is 0.933. The molecule has 0 aromatic rings. The molecule has 0 spiro atoms. The van der Waals surface area contributed by atoms with Crippen molar-refractivity contribution in [2.75, 3.05) is 0 Å². The summed E-state index contributed by atoms with van der Waals surface area (Å²) in [7, 11) is 0. The molecule has 2 rings (SSSR count). The van der Waals surface area contributed by atoms with E-state index in [1.165, 1.54) is 44.9 Å². The Labute approximate surface area is 106 Å². The Morgan fingerprint density at radius 3 is 2.47 bits per heavy atom. The second-order valence-electron chi connectivity index (χ2n) is 6.88. The first-order chi connectivity index (χ1) is 8.05. The molecule has 0 aromatic carbocycles. The van der Waals surface area contributed by atoms with Gasteiger partial charge in [-0.2, -0.15) is 0 Å². The van der Waals surface area contributed by atoms with Crippen molar-refractivity contribution in [3.8, 4) is 0 Å². The molecule has 1 atom stereocenters. The van der Waals surface area contributed by atoms with Crippen LogP contribution in [0.3, 0.4) is 0 Å². The summed E-state index contributed by atoms with van der Waals surface area (Å²) in [5, 5.41) is 3.24. The maximum absolute atomic E-state index is 12.0. The van der Waals surface area contributed by atoms with Crippen molar-refractivity contribution in [1.29, 1.82) is 0 Å². The molecular formula is C15H27NO. The van der Waals surface area contributed by atoms with E-state index in [1.54, 1.807) is 0 Å². The number of hydrogen-bond acceptors (Lipinski definition) is 1. The van der Waals surface area contributed by atoms with Crippen LogP contribution in [0, 0.1) is 11.3 Å². The van der Waals surface area contributed by atoms with E-state index in [0.717, 1.165) is 12.8 Å². The lowest BCUT2D eigenvalue weighted by Crippen LogP contribution is -2.34. The van der Waals surface area contributed by atoms with Crippen LogP contribution in [0.15, 0.2) is 0 Å². The second kappa shape index (κ2) is 5.41. The van der Waals surface area contributed by atoms with Crippen molar-refractivity contribution in [2.45, 2.75) is 77.7 Å². The minimum Gasteiger partial charge on any atom is -0.353 e. The smallest absolute Gasteiger partial charge is 0.220 e. The average Bonchev–Trinajstić information content (AvgIpc) is 2.59. The standard InChI is InChI=1S/C15H27NO/c1-15(2)9-8-13(11-15)16-14(17)10-12-6-4-3-5-7-12/h12-13H,3-11H2,1-2H3,(H,16,17). The second-order valence-corrected chi connectivity index (χ2v) is 6.88. The Balaban J connectivity index is 1.70. The Bertz CT molecular complexity index is 266. The number of carbonyl (C=O) groups excluding carboxylic acids is 1. The summed E-state index contributed by atoms with van der Waals surface area (Å²) in [4.78, 5) is 12.0. The highest BCUT2D eigenvalue weighted by Gasteiger charge is 2.31. The maximum atomic E-state index is 12.0. The summed E-state index contributed by atoms with van der Waals surface area (Å²) in [6, 6.07) is 0.445. The van der Waals surface area contributed by atoms with Crippen LogP contribution < -0.4 is 5.32 Å². The van der Waals surface area contributed by atoms with Crippen molar-refractivity contribution in [3.05, 3.63) is 0 Å². The van der Waals surface area contributed by atoms with Gasteiger partial charge in [0.1, 0.15) is 0 Å². The van der Waals surface area contributed by atoms with E-state index in [1.807, 2.05) is 0 Å². The van der Waals surface area contributed by atoms with Crippen molar-refractivity contribution in [3.63, 3.8) is 0 Å². The third kappa shape index (κ3) is 4.01. The van der Waals surface area contributed by atoms with Crippen molar-refractivity contribution >= 4 is 5.91 Å². The van der Waals surface area contributed by atoms with Gasteiger partial charge in [-0.05, 0) is 43.4 Å². The molecule has 1 amide bonds. The minimum atomic E-state index is 0.305. The van der Waals surface area contributed by atoms with Gasteiger partial charge in [0.05, 0.1) is 0 Å². The van der Waals surface area contributed by atoms with E-state index in [-0.39, 0.29) is 0 Å². The topological polar surface area (TPSA) is 29.1 Å². The predicted molar refractivity (Wildman–Crippen MR) is 70.8 cm³/mol. The summed E-state index contributed by atoms with van der Waals surface area (Å²) < 4.78 is 0. The molecule has 0 aliphatic heterocycles. The fourth-order valence-corrected chi connectivity index (χ4v) is 3.50. The SMILES string of the molecule is CC1(C)CCC(NC(=O)CC2CCCCC2)C1. The van der Waals surface area contributed by atoms with Gasteiger partial charge < -0.3 is 5.32 Å². The Morgan fingerprint density at radius 1 is 1.18 bits per heavy atom. The number of amides is 1. The molecule has 2 aliphatic carbocycles. The van der Waals surface area contributed by atoms with Gasteiger partial charge in [-0.15, -0.1) is 0 Å². The summed E-state index contributed by atoms with van der Waals surface area (Å²) in [5.41, 5.74) is 0.433. The number of rotatable bonds is 3. The normalized spacial score (nSPS) is 29.2. The highest BCUT2D eigenvalue weighted by atomic mass is 16.1. The lowest BCUT2D eigenvalue weighted by atomic mass is 9.87. The highest BCUT2D eigenvalue weighted by molar-refractivity contribution is 5.76. The molecule has 98 valence electrons. The largest absolute Gasteiger partial charge is 0.353 e. The third-order valence-corrected chi connectivity index (χ3v) is 4.53. The van der Waals surface area contributed by atoms with Crippen LogP contribution in [-0.4, -0.2) is 11.9 Å². The van der Waals surface area contributed by atoms with E-state index in [4.69, 9.17) is 0 Å². The third-order valence-electron chi connectivity index (χ3n) is 4.53. The Morgan fingerprint density at radius 2 is 1.88 bits per heavy atom. The molecule has 2 saturated carbocycles.